The average molecular weight is 394 g/mol. The van der Waals surface area contributed by atoms with Crippen LogP contribution in [0.2, 0.25) is 0 Å². The number of nitrogens with one attached hydrogen (secondary N) is 1. The van der Waals surface area contributed by atoms with Gasteiger partial charge in [-0.2, -0.15) is 5.26 Å². The Morgan fingerprint density at radius 2 is 1.76 bits per heavy atom. The number of anilines is 1. The number of nitriles is 1. The van der Waals surface area contributed by atoms with E-state index in [0.717, 1.165) is 57.1 Å². The van der Waals surface area contributed by atoms with Gasteiger partial charge < -0.3 is 10.2 Å². The molecule has 29 heavy (non-hydrogen) atoms. The van der Waals surface area contributed by atoms with Crippen molar-refractivity contribution >= 4 is 5.69 Å². The van der Waals surface area contributed by atoms with Gasteiger partial charge in [-0.05, 0) is 43.3 Å². The van der Waals surface area contributed by atoms with Crippen molar-refractivity contribution in [2.75, 3.05) is 44.2 Å². The first-order valence-corrected chi connectivity index (χ1v) is 10.4. The third kappa shape index (κ3) is 9.38. The molecule has 0 radical (unpaired) electrons. The summed E-state index contributed by atoms with van der Waals surface area (Å²) in [6.07, 6.45) is 3.58. The smallest absolute Gasteiger partial charge is 0.0991 e. The van der Waals surface area contributed by atoms with Gasteiger partial charge in [-0.3, -0.25) is 9.88 Å². The van der Waals surface area contributed by atoms with E-state index in [-0.39, 0.29) is 0 Å². The summed E-state index contributed by atoms with van der Waals surface area (Å²) in [4.78, 5) is 9.20. The molecular formula is C24H35N5. The first-order chi connectivity index (χ1) is 14.3. The van der Waals surface area contributed by atoms with Gasteiger partial charge in [0.25, 0.3) is 0 Å². The number of piperazine rings is 1. The van der Waals surface area contributed by atoms with Crippen LogP contribution < -0.4 is 10.2 Å². The zero-order chi connectivity index (χ0) is 21.3. The molecule has 2 aromatic rings. The zero-order valence-corrected chi connectivity index (χ0v) is 18.1. The summed E-state index contributed by atoms with van der Waals surface area (Å²) in [6, 6.07) is 16.0. The maximum absolute atomic E-state index is 8.87. The van der Waals surface area contributed by atoms with Crippen LogP contribution in [0.4, 0.5) is 5.69 Å². The van der Waals surface area contributed by atoms with Gasteiger partial charge in [0, 0.05) is 57.7 Å². The van der Waals surface area contributed by atoms with E-state index in [0.29, 0.717) is 0 Å². The molecule has 0 saturated carbocycles. The van der Waals surface area contributed by atoms with Crippen LogP contribution in [0.3, 0.4) is 0 Å². The molecule has 1 N–H and O–H groups in total. The highest BCUT2D eigenvalue weighted by Crippen LogP contribution is 2.16. The second kappa shape index (κ2) is 15.3. The van der Waals surface area contributed by atoms with E-state index in [9.17, 15) is 0 Å². The lowest BCUT2D eigenvalue weighted by molar-refractivity contribution is 0.257. The van der Waals surface area contributed by atoms with Gasteiger partial charge in [-0.15, -0.1) is 6.58 Å². The van der Waals surface area contributed by atoms with Crippen LogP contribution in [0.25, 0.3) is 0 Å². The number of aromatic nitrogens is 1. The van der Waals surface area contributed by atoms with E-state index in [4.69, 9.17) is 5.26 Å². The molecule has 1 aromatic carbocycles. The molecule has 0 bridgehead atoms. The Morgan fingerprint density at radius 1 is 1.10 bits per heavy atom. The lowest BCUT2D eigenvalue weighted by Crippen LogP contribution is -2.48. The van der Waals surface area contributed by atoms with Crippen molar-refractivity contribution in [3.63, 3.8) is 0 Å². The maximum atomic E-state index is 8.87. The third-order valence-corrected chi connectivity index (χ3v) is 4.37. The van der Waals surface area contributed by atoms with Gasteiger partial charge in [-0.25, -0.2) is 0 Å². The summed E-state index contributed by atoms with van der Waals surface area (Å²) in [5.41, 5.74) is 3.02. The highest BCUT2D eigenvalue weighted by molar-refractivity contribution is 5.50. The quantitative estimate of drug-likeness (QED) is 0.592. The Morgan fingerprint density at radius 3 is 2.31 bits per heavy atom. The van der Waals surface area contributed by atoms with Gasteiger partial charge in [0.1, 0.15) is 0 Å². The minimum Gasteiger partial charge on any atom is -0.369 e. The van der Waals surface area contributed by atoms with Crippen LogP contribution in [0.5, 0.6) is 0 Å². The van der Waals surface area contributed by atoms with E-state index in [2.05, 4.69) is 32.7 Å². The molecule has 0 aliphatic carbocycles. The molecule has 156 valence electrons. The third-order valence-electron chi connectivity index (χ3n) is 4.37. The van der Waals surface area contributed by atoms with Crippen molar-refractivity contribution < 1.29 is 0 Å². The topological polar surface area (TPSA) is 55.2 Å². The van der Waals surface area contributed by atoms with Crippen LogP contribution in [0.15, 0.2) is 61.3 Å². The number of allylic oxidation sites excluding steroid dienone is 1. The molecule has 0 atom stereocenters. The second-order valence-corrected chi connectivity index (χ2v) is 6.39. The monoisotopic (exact) mass is 393 g/mol. The van der Waals surface area contributed by atoms with Gasteiger partial charge in [0.05, 0.1) is 17.3 Å². The molecule has 1 fully saturated rings. The highest BCUT2D eigenvalue weighted by Gasteiger charge is 2.16. The summed E-state index contributed by atoms with van der Waals surface area (Å²) in [6.45, 7) is 16.3. The Hall–Kier alpha value is -2.68. The SMILES string of the molecule is C=CC.CC.N#Cc1ccc(N2CCN(CCNCc3ccccn3)CC2)cc1. The summed E-state index contributed by atoms with van der Waals surface area (Å²) in [5, 5.41) is 12.3. The van der Waals surface area contributed by atoms with E-state index < -0.39 is 0 Å². The molecule has 0 amide bonds. The van der Waals surface area contributed by atoms with Crippen molar-refractivity contribution in [1.82, 2.24) is 15.2 Å². The van der Waals surface area contributed by atoms with Crippen molar-refractivity contribution in [3.8, 4) is 6.07 Å². The average Bonchev–Trinajstić information content (AvgIpc) is 2.80. The van der Waals surface area contributed by atoms with E-state index >= 15 is 0 Å². The Bertz CT molecular complexity index is 698. The number of pyridine rings is 1. The molecule has 1 aliphatic rings. The van der Waals surface area contributed by atoms with Gasteiger partial charge >= 0.3 is 0 Å². The van der Waals surface area contributed by atoms with Crippen LogP contribution in [0.1, 0.15) is 32.0 Å². The van der Waals surface area contributed by atoms with Crippen molar-refractivity contribution in [2.45, 2.75) is 27.3 Å². The Kier molecular flexibility index (Phi) is 12.8. The molecule has 5 nitrogen and oxygen atoms in total. The largest absolute Gasteiger partial charge is 0.369 e. The Balaban J connectivity index is 0.000000771. The number of nitrogens with zero attached hydrogens (tertiary/aromatic N) is 4. The fraction of sp³-hybridized carbons (Fsp3) is 0.417. The number of rotatable bonds is 6. The maximum Gasteiger partial charge on any atom is 0.0991 e. The van der Waals surface area contributed by atoms with Gasteiger partial charge in [0.2, 0.25) is 0 Å². The molecule has 5 heteroatoms. The standard InChI is InChI=1S/C19H23N5.C3H6.C2H6/c20-15-17-4-6-19(7-5-17)24-13-11-23(12-14-24)10-9-21-16-18-3-1-2-8-22-18;1-3-2;1-2/h1-8,21H,9-14,16H2;3H,1H2,2H3;1-2H3. The van der Waals surface area contributed by atoms with Gasteiger partial charge in [-0.1, -0.05) is 26.0 Å². The van der Waals surface area contributed by atoms with Gasteiger partial charge in [0.15, 0.2) is 0 Å². The molecule has 1 saturated heterocycles. The lowest BCUT2D eigenvalue weighted by atomic mass is 10.2. The number of hydrogen-bond acceptors (Lipinski definition) is 5. The summed E-state index contributed by atoms with van der Waals surface area (Å²) in [5.74, 6) is 0. The van der Waals surface area contributed by atoms with E-state index in [1.54, 1.807) is 6.08 Å². The van der Waals surface area contributed by atoms with Crippen molar-refractivity contribution in [1.29, 1.82) is 5.26 Å². The molecule has 1 aliphatic heterocycles. The van der Waals surface area contributed by atoms with E-state index in [1.165, 1.54) is 5.69 Å². The number of benzene rings is 1. The molecular weight excluding hydrogens is 358 g/mol. The minimum atomic E-state index is 0.719. The van der Waals surface area contributed by atoms with Crippen molar-refractivity contribution in [3.05, 3.63) is 72.6 Å². The fourth-order valence-corrected chi connectivity index (χ4v) is 2.93. The summed E-state index contributed by atoms with van der Waals surface area (Å²) < 4.78 is 0. The first-order valence-electron chi connectivity index (χ1n) is 10.4. The number of hydrogen-bond donors (Lipinski definition) is 1. The first kappa shape index (κ1) is 24.4. The highest BCUT2D eigenvalue weighted by atomic mass is 15.3. The normalized spacial score (nSPS) is 13.2. The molecule has 1 aromatic heterocycles. The van der Waals surface area contributed by atoms with E-state index in [1.807, 2.05) is 69.4 Å². The molecule has 2 heterocycles. The van der Waals surface area contributed by atoms with Crippen LogP contribution in [-0.4, -0.2) is 49.2 Å². The van der Waals surface area contributed by atoms with Crippen LogP contribution in [-0.2, 0) is 6.54 Å². The predicted octanol–water partition coefficient (Wildman–Crippen LogP) is 4.08. The summed E-state index contributed by atoms with van der Waals surface area (Å²) >= 11 is 0. The van der Waals surface area contributed by atoms with Crippen molar-refractivity contribution in [2.24, 2.45) is 0 Å². The lowest BCUT2D eigenvalue weighted by Gasteiger charge is -2.36. The predicted molar refractivity (Wildman–Crippen MR) is 123 cm³/mol. The van der Waals surface area contributed by atoms with Crippen LogP contribution in [0, 0.1) is 11.3 Å². The Labute approximate surface area is 176 Å². The molecule has 3 rings (SSSR count). The molecule has 0 spiro atoms. The minimum absolute atomic E-state index is 0.719. The summed E-state index contributed by atoms with van der Waals surface area (Å²) in [7, 11) is 0. The second-order valence-electron chi connectivity index (χ2n) is 6.39. The molecule has 0 unspecified atom stereocenters. The fourth-order valence-electron chi connectivity index (χ4n) is 2.93. The zero-order valence-electron chi connectivity index (χ0n) is 18.1. The van der Waals surface area contributed by atoms with Crippen LogP contribution >= 0.6 is 0 Å².